The molecule has 0 radical (unpaired) electrons. The predicted molar refractivity (Wildman–Crippen MR) is 96.7 cm³/mol. The minimum Gasteiger partial charge on any atom is -0.459 e. The Balaban J connectivity index is 1.50. The lowest BCUT2D eigenvalue weighted by Gasteiger charge is -2.00. The Bertz CT molecular complexity index is 866. The Morgan fingerprint density at radius 2 is 1.92 bits per heavy atom. The number of ether oxygens (including phenoxy) is 1. The number of hydrogen-bond acceptors (Lipinski definition) is 5. The summed E-state index contributed by atoms with van der Waals surface area (Å²) in [5.41, 5.74) is 1.04. The number of furan rings is 1. The van der Waals surface area contributed by atoms with Crippen LogP contribution >= 0.6 is 11.3 Å². The standard InChI is InChI=1S/C19H15NO4S/c21-18(15-9-5-12-23-15)20-17-11-10-16(25-17)19(22)24-13-4-8-14-6-2-1-3-7-14/h1-12H,13H2,(H,20,21)/b8-4+. The summed E-state index contributed by atoms with van der Waals surface area (Å²) in [6, 6.07) is 16.2. The van der Waals surface area contributed by atoms with Crippen molar-refractivity contribution in [3.8, 4) is 0 Å². The van der Waals surface area contributed by atoms with Gasteiger partial charge in [-0.1, -0.05) is 36.4 Å². The monoisotopic (exact) mass is 353 g/mol. The number of thiophene rings is 1. The van der Waals surface area contributed by atoms with Crippen LogP contribution in [0.2, 0.25) is 0 Å². The van der Waals surface area contributed by atoms with E-state index in [1.54, 1.807) is 30.3 Å². The second-order valence-electron chi connectivity index (χ2n) is 5.01. The molecule has 0 aliphatic rings. The van der Waals surface area contributed by atoms with Crippen molar-refractivity contribution in [1.29, 1.82) is 0 Å². The SMILES string of the molecule is O=C(Nc1ccc(C(=O)OC/C=C/c2ccccc2)s1)c1ccco1. The minimum atomic E-state index is -0.429. The van der Waals surface area contributed by atoms with E-state index in [2.05, 4.69) is 5.32 Å². The van der Waals surface area contributed by atoms with Crippen LogP contribution in [0.5, 0.6) is 0 Å². The first-order chi connectivity index (χ1) is 12.2. The predicted octanol–water partition coefficient (Wildman–Crippen LogP) is 4.46. The second kappa shape index (κ2) is 8.12. The first-order valence-corrected chi connectivity index (χ1v) is 8.37. The highest BCUT2D eigenvalue weighted by atomic mass is 32.1. The van der Waals surface area contributed by atoms with E-state index in [1.165, 1.54) is 6.26 Å². The van der Waals surface area contributed by atoms with Crippen LogP contribution < -0.4 is 5.32 Å². The Hall–Kier alpha value is -3.12. The van der Waals surface area contributed by atoms with Crippen LogP contribution in [0.3, 0.4) is 0 Å². The molecule has 0 fully saturated rings. The van der Waals surface area contributed by atoms with Crippen LogP contribution in [0.15, 0.2) is 71.4 Å². The fourth-order valence-electron chi connectivity index (χ4n) is 2.04. The van der Waals surface area contributed by atoms with Gasteiger partial charge in [-0.2, -0.15) is 0 Å². The molecule has 2 heterocycles. The van der Waals surface area contributed by atoms with Gasteiger partial charge in [0, 0.05) is 0 Å². The van der Waals surface area contributed by atoms with Crippen LogP contribution in [-0.2, 0) is 4.74 Å². The molecule has 3 aromatic rings. The highest BCUT2D eigenvalue weighted by Crippen LogP contribution is 2.23. The second-order valence-corrected chi connectivity index (χ2v) is 6.09. The fraction of sp³-hybridized carbons (Fsp3) is 0.0526. The van der Waals surface area contributed by atoms with Crippen molar-refractivity contribution in [2.24, 2.45) is 0 Å². The van der Waals surface area contributed by atoms with Crippen molar-refractivity contribution >= 4 is 34.3 Å². The molecule has 0 atom stereocenters. The molecule has 0 saturated heterocycles. The molecule has 0 aliphatic heterocycles. The summed E-state index contributed by atoms with van der Waals surface area (Å²) in [5.74, 6) is -0.581. The number of hydrogen-bond donors (Lipinski definition) is 1. The number of amides is 1. The van der Waals surface area contributed by atoms with Crippen molar-refractivity contribution in [1.82, 2.24) is 0 Å². The van der Waals surface area contributed by atoms with Gasteiger partial charge in [-0.15, -0.1) is 11.3 Å². The molecule has 5 nitrogen and oxygen atoms in total. The zero-order valence-corrected chi connectivity index (χ0v) is 14.0. The Labute approximate surface area is 148 Å². The van der Waals surface area contributed by atoms with Crippen LogP contribution in [0.4, 0.5) is 5.00 Å². The van der Waals surface area contributed by atoms with Crippen molar-refractivity contribution in [3.05, 3.63) is 83.1 Å². The summed E-state index contributed by atoms with van der Waals surface area (Å²) in [4.78, 5) is 24.3. The van der Waals surface area contributed by atoms with E-state index in [9.17, 15) is 9.59 Å². The van der Waals surface area contributed by atoms with Gasteiger partial charge < -0.3 is 14.5 Å². The van der Waals surface area contributed by atoms with Gasteiger partial charge in [0.25, 0.3) is 5.91 Å². The number of anilines is 1. The average molecular weight is 353 g/mol. The fourth-order valence-corrected chi connectivity index (χ4v) is 2.83. The molecule has 1 aromatic carbocycles. The van der Waals surface area contributed by atoms with Gasteiger partial charge in [0.1, 0.15) is 11.5 Å². The summed E-state index contributed by atoms with van der Waals surface area (Å²) in [6.07, 6.45) is 5.09. The molecule has 0 spiro atoms. The Kier molecular flexibility index (Phi) is 5.43. The maximum absolute atomic E-state index is 12.0. The Morgan fingerprint density at radius 3 is 2.68 bits per heavy atom. The maximum Gasteiger partial charge on any atom is 0.348 e. The zero-order chi connectivity index (χ0) is 17.5. The van der Waals surface area contributed by atoms with Crippen LogP contribution in [0.1, 0.15) is 25.8 Å². The summed E-state index contributed by atoms with van der Waals surface area (Å²) in [6.45, 7) is 0.180. The van der Waals surface area contributed by atoms with Gasteiger partial charge in [0.05, 0.1) is 11.3 Å². The summed E-state index contributed by atoms with van der Waals surface area (Å²) in [5, 5.41) is 3.22. The van der Waals surface area contributed by atoms with E-state index in [0.29, 0.717) is 9.88 Å². The first kappa shape index (κ1) is 16.7. The van der Waals surface area contributed by atoms with E-state index in [1.807, 2.05) is 36.4 Å². The largest absolute Gasteiger partial charge is 0.459 e. The van der Waals surface area contributed by atoms with E-state index >= 15 is 0 Å². The molecule has 2 aromatic heterocycles. The third-order valence-electron chi connectivity index (χ3n) is 3.21. The van der Waals surface area contributed by atoms with Gasteiger partial charge in [-0.3, -0.25) is 4.79 Å². The lowest BCUT2D eigenvalue weighted by Crippen LogP contribution is -2.09. The van der Waals surface area contributed by atoms with Gasteiger partial charge in [-0.25, -0.2) is 4.79 Å². The van der Waals surface area contributed by atoms with Gasteiger partial charge in [0.2, 0.25) is 0 Å². The van der Waals surface area contributed by atoms with Gasteiger partial charge in [-0.05, 0) is 35.9 Å². The van der Waals surface area contributed by atoms with E-state index in [0.717, 1.165) is 16.9 Å². The smallest absolute Gasteiger partial charge is 0.348 e. The van der Waals surface area contributed by atoms with Crippen molar-refractivity contribution < 1.29 is 18.7 Å². The summed E-state index contributed by atoms with van der Waals surface area (Å²) in [7, 11) is 0. The van der Waals surface area contributed by atoms with Crippen LogP contribution in [-0.4, -0.2) is 18.5 Å². The molecule has 0 bridgehead atoms. The topological polar surface area (TPSA) is 68.5 Å². The Morgan fingerprint density at radius 1 is 1.08 bits per heavy atom. The summed E-state index contributed by atoms with van der Waals surface area (Å²) >= 11 is 1.15. The maximum atomic E-state index is 12.0. The number of nitrogens with one attached hydrogen (secondary N) is 1. The van der Waals surface area contributed by atoms with Gasteiger partial charge in [0.15, 0.2) is 5.76 Å². The molecule has 0 saturated carbocycles. The highest BCUT2D eigenvalue weighted by Gasteiger charge is 2.13. The molecule has 3 rings (SSSR count). The molecule has 1 amide bonds. The normalized spacial score (nSPS) is 10.7. The zero-order valence-electron chi connectivity index (χ0n) is 13.2. The third-order valence-corrected chi connectivity index (χ3v) is 4.19. The molecule has 126 valence electrons. The third kappa shape index (κ3) is 4.68. The number of carbonyl (C=O) groups excluding carboxylic acids is 2. The lowest BCUT2D eigenvalue weighted by atomic mass is 10.2. The van der Waals surface area contributed by atoms with Gasteiger partial charge >= 0.3 is 5.97 Å². The quantitative estimate of drug-likeness (QED) is 0.664. The number of carbonyl (C=O) groups is 2. The van der Waals surface area contributed by atoms with E-state index < -0.39 is 5.97 Å². The van der Waals surface area contributed by atoms with Crippen molar-refractivity contribution in [2.75, 3.05) is 11.9 Å². The van der Waals surface area contributed by atoms with Crippen LogP contribution in [0.25, 0.3) is 6.08 Å². The molecule has 0 unspecified atom stereocenters. The molecular weight excluding hydrogens is 338 g/mol. The minimum absolute atomic E-state index is 0.180. The van der Waals surface area contributed by atoms with E-state index in [4.69, 9.17) is 9.15 Å². The lowest BCUT2D eigenvalue weighted by molar-refractivity contribution is 0.0555. The number of esters is 1. The molecular formula is C19H15NO4S. The average Bonchev–Trinajstić information content (AvgIpc) is 3.31. The number of rotatable bonds is 6. The van der Waals surface area contributed by atoms with Crippen LogP contribution in [0, 0.1) is 0 Å². The molecule has 1 N–H and O–H groups in total. The molecule has 25 heavy (non-hydrogen) atoms. The van der Waals surface area contributed by atoms with Crippen molar-refractivity contribution in [2.45, 2.75) is 0 Å². The molecule has 0 aliphatic carbocycles. The first-order valence-electron chi connectivity index (χ1n) is 7.56. The van der Waals surface area contributed by atoms with Crippen molar-refractivity contribution in [3.63, 3.8) is 0 Å². The van der Waals surface area contributed by atoms with E-state index in [-0.39, 0.29) is 18.3 Å². The summed E-state index contributed by atoms with van der Waals surface area (Å²) < 4.78 is 10.2. The highest BCUT2D eigenvalue weighted by molar-refractivity contribution is 7.18. The molecule has 6 heteroatoms. The number of benzene rings is 1.